The zero-order valence-electron chi connectivity index (χ0n) is 10.3. The van der Waals surface area contributed by atoms with Crippen LogP contribution in [0.1, 0.15) is 31.2 Å². The fourth-order valence-corrected chi connectivity index (χ4v) is 3.43. The Hall–Kier alpha value is -0.280. The van der Waals surface area contributed by atoms with Crippen LogP contribution in [0.4, 0.5) is 0 Å². The second-order valence-electron chi connectivity index (χ2n) is 5.01. The van der Waals surface area contributed by atoms with Crippen molar-refractivity contribution in [1.29, 1.82) is 0 Å². The summed E-state index contributed by atoms with van der Waals surface area (Å²) in [4.78, 5) is 0. The third-order valence-corrected chi connectivity index (χ3v) is 4.27. The molecule has 1 aromatic carbocycles. The van der Waals surface area contributed by atoms with Crippen molar-refractivity contribution in [3.8, 4) is 0 Å². The maximum Gasteiger partial charge on any atom is 0.0799 e. The van der Waals surface area contributed by atoms with Gasteiger partial charge in [-0.1, -0.05) is 36.6 Å². The lowest BCUT2D eigenvalue weighted by molar-refractivity contribution is -0.0756. The summed E-state index contributed by atoms with van der Waals surface area (Å²) in [5.41, 5.74) is 1.29. The van der Waals surface area contributed by atoms with Gasteiger partial charge in [0.05, 0.1) is 18.2 Å². The van der Waals surface area contributed by atoms with Crippen LogP contribution >= 0.6 is 24.0 Å². The third-order valence-electron chi connectivity index (χ3n) is 4.04. The molecule has 2 aliphatic rings. The van der Waals surface area contributed by atoms with E-state index in [0.29, 0.717) is 6.10 Å². The first-order valence-corrected chi connectivity index (χ1v) is 6.82. The number of morpholine rings is 1. The first-order valence-electron chi connectivity index (χ1n) is 6.44. The zero-order chi connectivity index (χ0) is 11.7. The molecule has 2 atom stereocenters. The normalized spacial score (nSPS) is 31.3. The van der Waals surface area contributed by atoms with Crippen molar-refractivity contribution in [2.75, 3.05) is 13.2 Å². The fraction of sp³-hybridized carbons (Fsp3) is 0.571. The van der Waals surface area contributed by atoms with Gasteiger partial charge in [-0.15, -0.1) is 12.4 Å². The Morgan fingerprint density at radius 1 is 1.33 bits per heavy atom. The van der Waals surface area contributed by atoms with Crippen molar-refractivity contribution in [2.24, 2.45) is 0 Å². The number of hydrogen-bond donors (Lipinski definition) is 1. The van der Waals surface area contributed by atoms with Crippen molar-refractivity contribution >= 4 is 24.0 Å². The molecule has 18 heavy (non-hydrogen) atoms. The Morgan fingerprint density at radius 3 is 3.06 bits per heavy atom. The van der Waals surface area contributed by atoms with Gasteiger partial charge < -0.3 is 10.1 Å². The molecule has 1 aliphatic heterocycles. The molecule has 1 heterocycles. The Bertz CT molecular complexity index is 399. The molecule has 1 saturated heterocycles. The molecule has 0 unspecified atom stereocenters. The zero-order valence-corrected chi connectivity index (χ0v) is 11.9. The monoisotopic (exact) mass is 287 g/mol. The maximum absolute atomic E-state index is 6.12. The summed E-state index contributed by atoms with van der Waals surface area (Å²) in [5.74, 6) is 0. The third kappa shape index (κ3) is 2.39. The minimum Gasteiger partial charge on any atom is -0.375 e. The van der Waals surface area contributed by atoms with Gasteiger partial charge in [-0.05, 0) is 30.5 Å². The summed E-state index contributed by atoms with van der Waals surface area (Å²) in [5, 5.41) is 4.51. The van der Waals surface area contributed by atoms with E-state index in [-0.39, 0.29) is 17.9 Å². The minimum absolute atomic E-state index is 0. The van der Waals surface area contributed by atoms with Gasteiger partial charge in [0.1, 0.15) is 0 Å². The average molecular weight is 288 g/mol. The molecule has 0 radical (unpaired) electrons. The summed E-state index contributed by atoms with van der Waals surface area (Å²) < 4.78 is 5.97. The molecular weight excluding hydrogens is 269 g/mol. The lowest BCUT2D eigenvalue weighted by Gasteiger charge is -2.48. The van der Waals surface area contributed by atoms with Crippen molar-refractivity contribution in [1.82, 2.24) is 5.32 Å². The molecule has 0 bridgehead atoms. The standard InChI is InChI=1S/C14H18ClNO.ClH/c15-12-5-3-4-11(10-12)14-7-2-1-6-13(14)17-9-8-16-14;/h3-5,10,13,16H,1-2,6-9H2;1H/t13-,14-;/m1./s1. The highest BCUT2D eigenvalue weighted by Gasteiger charge is 2.44. The Balaban J connectivity index is 0.00000120. The van der Waals surface area contributed by atoms with E-state index in [9.17, 15) is 0 Å². The Labute approximate surface area is 119 Å². The van der Waals surface area contributed by atoms with Crippen LogP contribution in [0.2, 0.25) is 5.02 Å². The van der Waals surface area contributed by atoms with Crippen molar-refractivity contribution in [2.45, 2.75) is 37.3 Å². The number of halogens is 2. The van der Waals surface area contributed by atoms with E-state index in [0.717, 1.165) is 31.0 Å². The summed E-state index contributed by atoms with van der Waals surface area (Å²) >= 11 is 6.12. The van der Waals surface area contributed by atoms with Crippen LogP contribution < -0.4 is 5.32 Å². The van der Waals surface area contributed by atoms with Crippen molar-refractivity contribution < 1.29 is 4.74 Å². The van der Waals surface area contributed by atoms with E-state index >= 15 is 0 Å². The fourth-order valence-electron chi connectivity index (χ4n) is 3.24. The van der Waals surface area contributed by atoms with E-state index in [1.54, 1.807) is 0 Å². The second kappa shape index (κ2) is 5.79. The van der Waals surface area contributed by atoms with E-state index in [4.69, 9.17) is 16.3 Å². The minimum atomic E-state index is 0. The van der Waals surface area contributed by atoms with Gasteiger partial charge in [-0.2, -0.15) is 0 Å². The van der Waals surface area contributed by atoms with Gasteiger partial charge in [0.2, 0.25) is 0 Å². The first-order chi connectivity index (χ1) is 8.31. The molecular formula is C14H19Cl2NO. The van der Waals surface area contributed by atoms with E-state index < -0.39 is 0 Å². The van der Waals surface area contributed by atoms with Gasteiger partial charge >= 0.3 is 0 Å². The van der Waals surface area contributed by atoms with Crippen LogP contribution in [-0.2, 0) is 10.3 Å². The summed E-state index contributed by atoms with van der Waals surface area (Å²) in [6, 6.07) is 8.23. The number of benzene rings is 1. The molecule has 0 aromatic heterocycles. The molecule has 100 valence electrons. The number of ether oxygens (including phenoxy) is 1. The van der Waals surface area contributed by atoms with Crippen LogP contribution in [0.15, 0.2) is 24.3 Å². The second-order valence-corrected chi connectivity index (χ2v) is 5.45. The summed E-state index contributed by atoms with van der Waals surface area (Å²) in [6.07, 6.45) is 5.15. The number of rotatable bonds is 1. The van der Waals surface area contributed by atoms with E-state index in [1.165, 1.54) is 18.4 Å². The molecule has 2 fully saturated rings. The van der Waals surface area contributed by atoms with Crippen molar-refractivity contribution in [3.05, 3.63) is 34.9 Å². The average Bonchev–Trinajstić information content (AvgIpc) is 2.39. The molecule has 2 nitrogen and oxygen atoms in total. The van der Waals surface area contributed by atoms with Gasteiger partial charge in [-0.25, -0.2) is 0 Å². The summed E-state index contributed by atoms with van der Waals surface area (Å²) in [7, 11) is 0. The van der Waals surface area contributed by atoms with Gasteiger partial charge in [-0.3, -0.25) is 0 Å². The van der Waals surface area contributed by atoms with Crippen LogP contribution in [0.3, 0.4) is 0 Å². The van der Waals surface area contributed by atoms with Crippen LogP contribution in [-0.4, -0.2) is 19.3 Å². The molecule has 1 aliphatic carbocycles. The van der Waals surface area contributed by atoms with Gasteiger partial charge in [0, 0.05) is 11.6 Å². The maximum atomic E-state index is 6.12. The molecule has 0 amide bonds. The lowest BCUT2D eigenvalue weighted by Crippen LogP contribution is -2.59. The molecule has 4 heteroatoms. The molecule has 1 saturated carbocycles. The quantitative estimate of drug-likeness (QED) is 0.853. The van der Waals surface area contributed by atoms with Crippen LogP contribution in [0.5, 0.6) is 0 Å². The Morgan fingerprint density at radius 2 is 2.22 bits per heavy atom. The number of fused-ring (bicyclic) bond motifs is 1. The topological polar surface area (TPSA) is 21.3 Å². The number of nitrogens with one attached hydrogen (secondary N) is 1. The molecule has 1 N–H and O–H groups in total. The van der Waals surface area contributed by atoms with Crippen molar-refractivity contribution in [3.63, 3.8) is 0 Å². The SMILES string of the molecule is Cl.Clc1cccc([C@]23CCCC[C@H]2OCCN3)c1. The highest BCUT2D eigenvalue weighted by molar-refractivity contribution is 6.30. The highest BCUT2D eigenvalue weighted by Crippen LogP contribution is 2.41. The molecule has 0 spiro atoms. The summed E-state index contributed by atoms with van der Waals surface area (Å²) in [6.45, 7) is 1.76. The molecule has 1 aromatic rings. The van der Waals surface area contributed by atoms with E-state index in [2.05, 4.69) is 17.4 Å². The lowest BCUT2D eigenvalue weighted by atomic mass is 9.73. The van der Waals surface area contributed by atoms with Gasteiger partial charge in [0.25, 0.3) is 0 Å². The van der Waals surface area contributed by atoms with E-state index in [1.807, 2.05) is 12.1 Å². The smallest absolute Gasteiger partial charge is 0.0799 e. The first kappa shape index (κ1) is 14.1. The molecule has 3 rings (SSSR count). The largest absolute Gasteiger partial charge is 0.375 e. The predicted molar refractivity (Wildman–Crippen MR) is 76.6 cm³/mol. The Kier molecular flexibility index (Phi) is 4.54. The number of hydrogen-bond acceptors (Lipinski definition) is 2. The predicted octanol–water partition coefficient (Wildman–Crippen LogP) is 3.52. The van der Waals surface area contributed by atoms with Crippen LogP contribution in [0, 0.1) is 0 Å². The van der Waals surface area contributed by atoms with Crippen LogP contribution in [0.25, 0.3) is 0 Å². The van der Waals surface area contributed by atoms with Gasteiger partial charge in [0.15, 0.2) is 0 Å². The highest BCUT2D eigenvalue weighted by atomic mass is 35.5.